The van der Waals surface area contributed by atoms with Gasteiger partial charge in [-0.05, 0) is 31.0 Å². The Morgan fingerprint density at radius 2 is 1.93 bits per heavy atom. The average molecular weight is 475 g/mol. The zero-order valence-electron chi connectivity index (χ0n) is 14.7. The highest BCUT2D eigenvalue weighted by Gasteiger charge is 2.55. The number of alkyl halides is 3. The van der Waals surface area contributed by atoms with Gasteiger partial charge in [0.15, 0.2) is 0 Å². The molecule has 1 aliphatic carbocycles. The zero-order chi connectivity index (χ0) is 21.4. The second-order valence-electron chi connectivity index (χ2n) is 6.59. The van der Waals surface area contributed by atoms with Crippen molar-refractivity contribution in [3.63, 3.8) is 0 Å². The molecule has 11 heteroatoms. The van der Waals surface area contributed by atoms with Gasteiger partial charge in [0.05, 0.1) is 35.4 Å². The first-order valence-electron chi connectivity index (χ1n) is 8.39. The maximum Gasteiger partial charge on any atom is 0.418 e. The first-order chi connectivity index (χ1) is 13.5. The molecule has 6 nitrogen and oxygen atoms in total. The third-order valence-corrected chi connectivity index (χ3v) is 5.05. The molecule has 0 aliphatic heterocycles. The highest BCUT2D eigenvalue weighted by molar-refractivity contribution is 9.10. The van der Waals surface area contributed by atoms with E-state index in [1.807, 2.05) is 0 Å². The Kier molecular flexibility index (Phi) is 5.52. The van der Waals surface area contributed by atoms with Crippen LogP contribution in [0.3, 0.4) is 0 Å². The van der Waals surface area contributed by atoms with Crippen molar-refractivity contribution in [1.29, 1.82) is 0 Å². The molecule has 1 fully saturated rings. The summed E-state index contributed by atoms with van der Waals surface area (Å²) in [6.07, 6.45) is -2.79. The van der Waals surface area contributed by atoms with Crippen molar-refractivity contribution in [2.45, 2.75) is 25.6 Å². The van der Waals surface area contributed by atoms with Crippen molar-refractivity contribution in [2.24, 2.45) is 11.1 Å². The van der Waals surface area contributed by atoms with Gasteiger partial charge in [-0.3, -0.25) is 14.6 Å². The molecule has 0 atom stereocenters. The van der Waals surface area contributed by atoms with E-state index in [0.717, 1.165) is 18.3 Å². The smallest absolute Gasteiger partial charge is 0.369 e. The van der Waals surface area contributed by atoms with Crippen molar-refractivity contribution in [1.82, 2.24) is 10.3 Å². The van der Waals surface area contributed by atoms with E-state index in [1.165, 1.54) is 12.1 Å². The molecular formula is C18H15BrF4N4O2. The summed E-state index contributed by atoms with van der Waals surface area (Å²) in [7, 11) is 0. The van der Waals surface area contributed by atoms with E-state index in [2.05, 4.69) is 31.5 Å². The number of pyridine rings is 1. The summed E-state index contributed by atoms with van der Waals surface area (Å²) in [5, 5.41) is 4.91. The summed E-state index contributed by atoms with van der Waals surface area (Å²) < 4.78 is 54.1. The quantitative estimate of drug-likeness (QED) is 0.439. The Bertz CT molecular complexity index is 977. The maximum absolute atomic E-state index is 14.3. The van der Waals surface area contributed by atoms with E-state index >= 15 is 0 Å². The van der Waals surface area contributed by atoms with Crippen LogP contribution in [-0.4, -0.2) is 16.8 Å². The molecule has 1 aliphatic rings. The standard InChI is InChI=1S/C18H15BrF4N4O2/c19-9-1-2-13(11(5-9)18(21,22)23)27-10-6-12(20)14(25-7-10)8-26-16(29)17(3-4-17)15(24)28/h1-2,5-7,27H,3-4,8H2,(H2,24,28)(H,26,29). The number of hydrogen-bond donors (Lipinski definition) is 3. The van der Waals surface area contributed by atoms with Crippen molar-refractivity contribution >= 4 is 39.1 Å². The molecule has 0 radical (unpaired) electrons. The summed E-state index contributed by atoms with van der Waals surface area (Å²) in [5.41, 5.74) is 2.64. The molecule has 0 bridgehead atoms. The third-order valence-electron chi connectivity index (χ3n) is 4.56. The number of nitrogens with two attached hydrogens (primary N) is 1. The van der Waals surface area contributed by atoms with Crippen LogP contribution in [0.25, 0.3) is 0 Å². The molecule has 2 amide bonds. The fourth-order valence-corrected chi connectivity index (χ4v) is 3.08. The minimum absolute atomic E-state index is 0.00111. The van der Waals surface area contributed by atoms with Crippen LogP contribution in [0.1, 0.15) is 24.1 Å². The predicted octanol–water partition coefficient (Wildman–Crippen LogP) is 3.63. The van der Waals surface area contributed by atoms with Crippen molar-refractivity contribution in [3.8, 4) is 0 Å². The molecule has 2 aromatic rings. The van der Waals surface area contributed by atoms with Crippen LogP contribution in [0.4, 0.5) is 28.9 Å². The molecule has 3 rings (SSSR count). The molecule has 29 heavy (non-hydrogen) atoms. The first-order valence-corrected chi connectivity index (χ1v) is 9.18. The lowest BCUT2D eigenvalue weighted by Crippen LogP contribution is -2.40. The van der Waals surface area contributed by atoms with Crippen LogP contribution in [-0.2, 0) is 22.3 Å². The lowest BCUT2D eigenvalue weighted by Gasteiger charge is -2.15. The number of rotatable bonds is 6. The van der Waals surface area contributed by atoms with Gasteiger partial charge in [-0.2, -0.15) is 13.2 Å². The minimum atomic E-state index is -4.61. The summed E-state index contributed by atoms with van der Waals surface area (Å²) >= 11 is 2.99. The Labute approximate surface area is 171 Å². The number of carbonyl (C=O) groups excluding carboxylic acids is 2. The monoisotopic (exact) mass is 474 g/mol. The van der Waals surface area contributed by atoms with Gasteiger partial charge in [-0.25, -0.2) is 4.39 Å². The Balaban J connectivity index is 1.72. The number of aromatic nitrogens is 1. The molecule has 1 aromatic heterocycles. The summed E-state index contributed by atoms with van der Waals surface area (Å²) in [6.45, 7) is -0.286. The SMILES string of the molecule is NC(=O)C1(C(=O)NCc2ncc(Nc3ccc(Br)cc3C(F)(F)F)cc2F)CC1. The Hall–Kier alpha value is -2.69. The molecule has 1 aromatic carbocycles. The first kappa shape index (κ1) is 21.0. The molecule has 1 saturated carbocycles. The lowest BCUT2D eigenvalue weighted by atomic mass is 10.1. The molecule has 154 valence electrons. The molecule has 4 N–H and O–H groups in total. The fraction of sp³-hybridized carbons (Fsp3) is 0.278. The second-order valence-corrected chi connectivity index (χ2v) is 7.51. The summed E-state index contributed by atoms with van der Waals surface area (Å²) in [5.74, 6) is -2.17. The van der Waals surface area contributed by atoms with E-state index in [4.69, 9.17) is 5.73 Å². The van der Waals surface area contributed by atoms with Crippen LogP contribution >= 0.6 is 15.9 Å². The zero-order valence-corrected chi connectivity index (χ0v) is 16.3. The van der Waals surface area contributed by atoms with E-state index in [9.17, 15) is 27.2 Å². The Morgan fingerprint density at radius 3 is 2.48 bits per heavy atom. The predicted molar refractivity (Wildman–Crippen MR) is 99.3 cm³/mol. The highest BCUT2D eigenvalue weighted by atomic mass is 79.9. The molecule has 0 unspecified atom stereocenters. The number of nitrogens with zero attached hydrogens (tertiary/aromatic N) is 1. The van der Waals surface area contributed by atoms with Crippen LogP contribution < -0.4 is 16.4 Å². The lowest BCUT2D eigenvalue weighted by molar-refractivity contribution is -0.137. The number of hydrogen-bond acceptors (Lipinski definition) is 4. The number of carbonyl (C=O) groups is 2. The molecule has 1 heterocycles. The van der Waals surface area contributed by atoms with E-state index in [0.29, 0.717) is 12.8 Å². The summed E-state index contributed by atoms with van der Waals surface area (Å²) in [6, 6.07) is 4.50. The molecule has 0 spiro atoms. The van der Waals surface area contributed by atoms with Gasteiger partial charge in [-0.15, -0.1) is 0 Å². The van der Waals surface area contributed by atoms with Crippen molar-refractivity contribution in [2.75, 3.05) is 5.32 Å². The van der Waals surface area contributed by atoms with Crippen LogP contribution in [0.5, 0.6) is 0 Å². The number of primary amides is 1. The second kappa shape index (κ2) is 7.62. The normalized spacial score (nSPS) is 14.9. The van der Waals surface area contributed by atoms with Crippen LogP contribution in [0.2, 0.25) is 0 Å². The van der Waals surface area contributed by atoms with E-state index in [1.54, 1.807) is 0 Å². The van der Waals surface area contributed by atoms with Crippen LogP contribution in [0.15, 0.2) is 34.9 Å². The largest absolute Gasteiger partial charge is 0.418 e. The van der Waals surface area contributed by atoms with E-state index < -0.39 is 34.8 Å². The topological polar surface area (TPSA) is 97.1 Å². The maximum atomic E-state index is 14.3. The van der Waals surface area contributed by atoms with Crippen molar-refractivity contribution < 1.29 is 27.2 Å². The third kappa shape index (κ3) is 4.50. The van der Waals surface area contributed by atoms with Gasteiger partial charge in [-0.1, -0.05) is 15.9 Å². The number of halogens is 5. The number of anilines is 2. The molecular weight excluding hydrogens is 460 g/mol. The summed E-state index contributed by atoms with van der Waals surface area (Å²) in [4.78, 5) is 27.2. The van der Waals surface area contributed by atoms with E-state index in [-0.39, 0.29) is 28.1 Å². The van der Waals surface area contributed by atoms with Gasteiger partial charge >= 0.3 is 6.18 Å². The van der Waals surface area contributed by atoms with Gasteiger partial charge in [0.1, 0.15) is 11.2 Å². The number of amides is 2. The van der Waals surface area contributed by atoms with Crippen molar-refractivity contribution in [3.05, 3.63) is 52.0 Å². The Morgan fingerprint density at radius 1 is 1.24 bits per heavy atom. The van der Waals surface area contributed by atoms with Gasteiger partial charge in [0.25, 0.3) is 0 Å². The minimum Gasteiger partial charge on any atom is -0.369 e. The molecule has 0 saturated heterocycles. The van der Waals surface area contributed by atoms with Gasteiger partial charge in [0, 0.05) is 10.5 Å². The van der Waals surface area contributed by atoms with Crippen LogP contribution in [0, 0.1) is 11.2 Å². The van der Waals surface area contributed by atoms with Gasteiger partial charge < -0.3 is 16.4 Å². The van der Waals surface area contributed by atoms with Gasteiger partial charge in [0.2, 0.25) is 11.8 Å². The highest BCUT2D eigenvalue weighted by Crippen LogP contribution is 2.45. The average Bonchev–Trinajstić information content (AvgIpc) is 3.43. The fourth-order valence-electron chi connectivity index (χ4n) is 2.72. The number of benzene rings is 1. The number of nitrogens with one attached hydrogen (secondary N) is 2.